The maximum absolute atomic E-state index is 11.6. The fourth-order valence-electron chi connectivity index (χ4n) is 3.79. The van der Waals surface area contributed by atoms with E-state index in [0.717, 1.165) is 31.8 Å². The molecule has 0 bridgehead atoms. The monoisotopic (exact) mass is 254 g/mol. The lowest BCUT2D eigenvalue weighted by Crippen LogP contribution is -2.42. The smallest absolute Gasteiger partial charge is 0.133 e. The summed E-state index contributed by atoms with van der Waals surface area (Å²) in [5, 5.41) is 0. The first-order valence-electron chi connectivity index (χ1n) is 7.01. The average Bonchev–Trinajstić information content (AvgIpc) is 2.77. The van der Waals surface area contributed by atoms with E-state index in [0.29, 0.717) is 11.7 Å². The van der Waals surface area contributed by atoms with Crippen molar-refractivity contribution in [1.29, 1.82) is 0 Å². The van der Waals surface area contributed by atoms with Crippen molar-refractivity contribution in [2.75, 3.05) is 18.1 Å². The van der Waals surface area contributed by atoms with Gasteiger partial charge in [0.05, 0.1) is 5.60 Å². The molecule has 96 valence electrons. The van der Waals surface area contributed by atoms with Gasteiger partial charge in [0.25, 0.3) is 0 Å². The van der Waals surface area contributed by atoms with E-state index in [1.165, 1.54) is 37.2 Å². The molecule has 1 spiro atoms. The minimum atomic E-state index is 0.189. The number of Topliss-reactive ketones (excluding diaryl/α,β-unsaturated/α-hetero) is 1. The molecule has 3 fully saturated rings. The quantitative estimate of drug-likeness (QED) is 0.719. The molecule has 3 aliphatic rings. The molecule has 0 amide bonds. The van der Waals surface area contributed by atoms with E-state index < -0.39 is 0 Å². The molecule has 2 heterocycles. The summed E-state index contributed by atoms with van der Waals surface area (Å²) in [4.78, 5) is 11.6. The molecular weight excluding hydrogens is 232 g/mol. The summed E-state index contributed by atoms with van der Waals surface area (Å²) in [7, 11) is 0. The van der Waals surface area contributed by atoms with Crippen LogP contribution in [-0.4, -0.2) is 29.5 Å². The van der Waals surface area contributed by atoms with Gasteiger partial charge in [-0.05, 0) is 49.7 Å². The minimum absolute atomic E-state index is 0.189. The zero-order valence-corrected chi connectivity index (χ0v) is 11.3. The predicted octanol–water partition coefficient (Wildman–Crippen LogP) is 3.05. The molecule has 3 rings (SSSR count). The minimum Gasteiger partial charge on any atom is -0.374 e. The summed E-state index contributed by atoms with van der Waals surface area (Å²) >= 11 is 2.04. The molecule has 2 saturated heterocycles. The van der Waals surface area contributed by atoms with Crippen LogP contribution in [0.3, 0.4) is 0 Å². The molecule has 0 N–H and O–H groups in total. The van der Waals surface area contributed by atoms with E-state index in [-0.39, 0.29) is 5.60 Å². The number of ether oxygens (including phenoxy) is 1. The topological polar surface area (TPSA) is 26.3 Å². The van der Waals surface area contributed by atoms with Gasteiger partial charge in [-0.3, -0.25) is 4.79 Å². The van der Waals surface area contributed by atoms with Gasteiger partial charge in [0.2, 0.25) is 0 Å². The van der Waals surface area contributed by atoms with Crippen LogP contribution in [0.5, 0.6) is 0 Å². The van der Waals surface area contributed by atoms with Crippen molar-refractivity contribution in [1.82, 2.24) is 0 Å². The molecule has 0 radical (unpaired) electrons. The largest absolute Gasteiger partial charge is 0.374 e. The highest BCUT2D eigenvalue weighted by molar-refractivity contribution is 7.99. The molecule has 1 aliphatic carbocycles. The van der Waals surface area contributed by atoms with Crippen LogP contribution < -0.4 is 0 Å². The van der Waals surface area contributed by atoms with Crippen molar-refractivity contribution in [3.05, 3.63) is 0 Å². The van der Waals surface area contributed by atoms with Crippen LogP contribution in [0, 0.1) is 11.8 Å². The standard InChI is InChI=1S/C14H22O2S/c15-13-3-1-2-11(8-13)12-4-6-16-14(9-12)5-7-17-10-14/h11-12H,1-10H2. The number of hydrogen-bond donors (Lipinski definition) is 0. The highest BCUT2D eigenvalue weighted by Crippen LogP contribution is 2.44. The van der Waals surface area contributed by atoms with Gasteiger partial charge in [-0.1, -0.05) is 0 Å². The average molecular weight is 254 g/mol. The molecule has 0 aromatic rings. The van der Waals surface area contributed by atoms with Gasteiger partial charge in [-0.25, -0.2) is 0 Å². The highest BCUT2D eigenvalue weighted by Gasteiger charge is 2.42. The van der Waals surface area contributed by atoms with Crippen LogP contribution in [0.1, 0.15) is 44.9 Å². The van der Waals surface area contributed by atoms with Crippen LogP contribution in [0.4, 0.5) is 0 Å². The van der Waals surface area contributed by atoms with E-state index in [4.69, 9.17) is 4.74 Å². The zero-order valence-electron chi connectivity index (χ0n) is 10.5. The van der Waals surface area contributed by atoms with Crippen molar-refractivity contribution in [2.24, 2.45) is 11.8 Å². The van der Waals surface area contributed by atoms with E-state index in [1.807, 2.05) is 11.8 Å². The first-order chi connectivity index (χ1) is 8.27. The van der Waals surface area contributed by atoms with E-state index in [9.17, 15) is 4.79 Å². The Hall–Kier alpha value is -0.0200. The number of carbonyl (C=O) groups excluding carboxylic acids is 1. The highest BCUT2D eigenvalue weighted by atomic mass is 32.2. The molecule has 3 unspecified atom stereocenters. The van der Waals surface area contributed by atoms with E-state index in [1.54, 1.807) is 0 Å². The Bertz CT molecular complexity index is 297. The van der Waals surface area contributed by atoms with Crippen molar-refractivity contribution < 1.29 is 9.53 Å². The zero-order chi connectivity index (χ0) is 11.7. The Kier molecular flexibility index (Phi) is 3.49. The van der Waals surface area contributed by atoms with Crippen LogP contribution >= 0.6 is 11.8 Å². The van der Waals surface area contributed by atoms with Crippen molar-refractivity contribution in [3.63, 3.8) is 0 Å². The van der Waals surface area contributed by atoms with Gasteiger partial charge < -0.3 is 4.74 Å². The summed E-state index contributed by atoms with van der Waals surface area (Å²) in [6, 6.07) is 0. The van der Waals surface area contributed by atoms with Gasteiger partial charge in [-0.15, -0.1) is 0 Å². The molecule has 3 heteroatoms. The SMILES string of the molecule is O=C1CCCC(C2CCOC3(CCSC3)C2)C1. The third-order valence-electron chi connectivity index (χ3n) is 4.79. The lowest BCUT2D eigenvalue weighted by atomic mass is 9.72. The van der Waals surface area contributed by atoms with Crippen molar-refractivity contribution in [2.45, 2.75) is 50.5 Å². The van der Waals surface area contributed by atoms with Crippen LogP contribution in [0.2, 0.25) is 0 Å². The first-order valence-corrected chi connectivity index (χ1v) is 8.16. The molecule has 0 aromatic heterocycles. The summed E-state index contributed by atoms with van der Waals surface area (Å²) in [6.45, 7) is 0.927. The fourth-order valence-corrected chi connectivity index (χ4v) is 5.17. The molecule has 2 nitrogen and oxygen atoms in total. The summed E-state index contributed by atoms with van der Waals surface area (Å²) in [6.07, 6.45) is 7.73. The first kappa shape index (κ1) is 12.0. The number of thioether (sulfide) groups is 1. The maximum Gasteiger partial charge on any atom is 0.133 e. The lowest BCUT2D eigenvalue weighted by Gasteiger charge is -2.41. The molecule has 17 heavy (non-hydrogen) atoms. The lowest BCUT2D eigenvalue weighted by molar-refractivity contribution is -0.125. The molecule has 2 aliphatic heterocycles. The van der Waals surface area contributed by atoms with E-state index in [2.05, 4.69) is 0 Å². The number of carbonyl (C=O) groups is 1. The summed E-state index contributed by atoms with van der Waals surface area (Å²) in [5.41, 5.74) is 0.189. The summed E-state index contributed by atoms with van der Waals surface area (Å²) < 4.78 is 6.07. The Morgan fingerprint density at radius 2 is 2.24 bits per heavy atom. The van der Waals surface area contributed by atoms with Crippen molar-refractivity contribution in [3.8, 4) is 0 Å². The van der Waals surface area contributed by atoms with Crippen molar-refractivity contribution >= 4 is 17.5 Å². The second kappa shape index (κ2) is 4.93. The molecule has 3 atom stereocenters. The Balaban J connectivity index is 1.64. The Morgan fingerprint density at radius 1 is 1.29 bits per heavy atom. The number of hydrogen-bond acceptors (Lipinski definition) is 3. The fraction of sp³-hybridized carbons (Fsp3) is 0.929. The number of rotatable bonds is 1. The maximum atomic E-state index is 11.6. The van der Waals surface area contributed by atoms with Gasteiger partial charge >= 0.3 is 0 Å². The molecular formula is C14H22O2S. The number of ketones is 1. The van der Waals surface area contributed by atoms with Crippen LogP contribution in [0.15, 0.2) is 0 Å². The van der Waals surface area contributed by atoms with Crippen LogP contribution in [0.25, 0.3) is 0 Å². The second-order valence-electron chi connectivity index (χ2n) is 5.98. The Labute approximate surface area is 108 Å². The predicted molar refractivity (Wildman–Crippen MR) is 70.3 cm³/mol. The van der Waals surface area contributed by atoms with Gasteiger partial charge in [0, 0.05) is 25.2 Å². The van der Waals surface area contributed by atoms with Gasteiger partial charge in [0.15, 0.2) is 0 Å². The molecule has 1 saturated carbocycles. The third-order valence-corrected chi connectivity index (χ3v) is 6.01. The normalized spacial score (nSPS) is 43.2. The van der Waals surface area contributed by atoms with Gasteiger partial charge in [-0.2, -0.15) is 11.8 Å². The van der Waals surface area contributed by atoms with E-state index >= 15 is 0 Å². The van der Waals surface area contributed by atoms with Gasteiger partial charge in [0.1, 0.15) is 5.78 Å². The Morgan fingerprint density at radius 3 is 3.00 bits per heavy atom. The van der Waals surface area contributed by atoms with Crippen LogP contribution in [-0.2, 0) is 9.53 Å². The third kappa shape index (κ3) is 2.55. The summed E-state index contributed by atoms with van der Waals surface area (Å²) in [5.74, 6) is 4.37. The molecule has 0 aromatic carbocycles. The second-order valence-corrected chi connectivity index (χ2v) is 7.09.